The van der Waals surface area contributed by atoms with Gasteiger partial charge in [0.15, 0.2) is 5.78 Å². The van der Waals surface area contributed by atoms with Crippen LogP contribution in [0, 0.1) is 11.8 Å². The van der Waals surface area contributed by atoms with E-state index in [1.165, 1.54) is 64.2 Å². The smallest absolute Gasteiger partial charge is 0.230 e. The maximum Gasteiger partial charge on any atom is 0.230 e. The van der Waals surface area contributed by atoms with E-state index in [1.54, 1.807) is 6.08 Å². The topological polar surface area (TPSA) is 92.3 Å². The van der Waals surface area contributed by atoms with Gasteiger partial charge in [0, 0.05) is 19.5 Å². The van der Waals surface area contributed by atoms with Crippen LogP contribution in [0.3, 0.4) is 0 Å². The summed E-state index contributed by atoms with van der Waals surface area (Å²) in [6.45, 7) is 5.89. The normalized spacial score (nSPS) is 19.8. The van der Waals surface area contributed by atoms with Crippen molar-refractivity contribution in [2.24, 2.45) is 11.8 Å². The molecule has 0 bridgehead atoms. The lowest BCUT2D eigenvalue weighted by Crippen LogP contribution is -2.33. The molecular weight excluding hydrogens is 488 g/mol. The van der Waals surface area contributed by atoms with Crippen molar-refractivity contribution in [3.8, 4) is 0 Å². The predicted octanol–water partition coefficient (Wildman–Crippen LogP) is 7.39. The number of hydrogen-bond donors (Lipinski definition) is 2. The number of unbranched alkanes of at least 4 members (excludes halogenated alkanes) is 12. The van der Waals surface area contributed by atoms with E-state index in [2.05, 4.69) is 24.5 Å². The van der Waals surface area contributed by atoms with E-state index in [9.17, 15) is 19.2 Å². The second-order valence-electron chi connectivity index (χ2n) is 11.4. The van der Waals surface area contributed by atoms with Crippen molar-refractivity contribution < 1.29 is 19.2 Å². The third-order valence-corrected chi connectivity index (χ3v) is 7.84. The Labute approximate surface area is 238 Å². The zero-order chi connectivity index (χ0) is 28.6. The molecule has 0 radical (unpaired) electrons. The van der Waals surface area contributed by atoms with Gasteiger partial charge in [-0.15, -0.1) is 0 Å². The Hall–Kier alpha value is -1.98. The van der Waals surface area contributed by atoms with Crippen LogP contribution in [0.1, 0.15) is 149 Å². The van der Waals surface area contributed by atoms with Crippen LogP contribution in [0.4, 0.5) is 0 Å². The van der Waals surface area contributed by atoms with Gasteiger partial charge < -0.3 is 10.6 Å². The average Bonchev–Trinajstić information content (AvgIpc) is 3.29. The summed E-state index contributed by atoms with van der Waals surface area (Å²) in [7, 11) is 0. The Kier molecular flexibility index (Phi) is 21.4. The zero-order valence-electron chi connectivity index (χ0n) is 25.2. The summed E-state index contributed by atoms with van der Waals surface area (Å²) in [6.07, 6.45) is 26.6. The van der Waals surface area contributed by atoms with Gasteiger partial charge in [0.05, 0.1) is 5.92 Å². The van der Waals surface area contributed by atoms with E-state index in [0.29, 0.717) is 19.4 Å². The minimum absolute atomic E-state index is 0.0182. The lowest BCUT2D eigenvalue weighted by Gasteiger charge is -2.11. The summed E-state index contributed by atoms with van der Waals surface area (Å²) in [4.78, 5) is 47.5. The van der Waals surface area contributed by atoms with E-state index >= 15 is 0 Å². The van der Waals surface area contributed by atoms with Crippen LogP contribution < -0.4 is 10.6 Å². The SMILES string of the molecule is CCCCCCCCC=CC(=O)C1CCCCNC1=O.CCCCCCCCCC(=O)C1CCCCNC1=O. The van der Waals surface area contributed by atoms with Crippen LogP contribution in [-0.4, -0.2) is 36.5 Å². The Morgan fingerprint density at radius 2 is 1.15 bits per heavy atom. The average molecular weight is 547 g/mol. The number of carbonyl (C=O) groups is 4. The van der Waals surface area contributed by atoms with E-state index in [1.807, 2.05) is 6.08 Å². The lowest BCUT2D eigenvalue weighted by molar-refractivity contribution is -0.134. The highest BCUT2D eigenvalue weighted by Crippen LogP contribution is 2.18. The van der Waals surface area contributed by atoms with Gasteiger partial charge in [0.2, 0.25) is 11.8 Å². The van der Waals surface area contributed by atoms with E-state index in [4.69, 9.17) is 0 Å². The van der Waals surface area contributed by atoms with Crippen molar-refractivity contribution in [1.29, 1.82) is 0 Å². The number of hydrogen-bond acceptors (Lipinski definition) is 4. The number of rotatable bonds is 18. The molecule has 2 fully saturated rings. The molecule has 2 atom stereocenters. The van der Waals surface area contributed by atoms with Gasteiger partial charge in [0.1, 0.15) is 11.7 Å². The third kappa shape index (κ3) is 17.3. The molecule has 2 aliphatic rings. The van der Waals surface area contributed by atoms with Gasteiger partial charge in [0.25, 0.3) is 0 Å². The van der Waals surface area contributed by atoms with Crippen LogP contribution >= 0.6 is 0 Å². The molecule has 0 spiro atoms. The highest BCUT2D eigenvalue weighted by Gasteiger charge is 2.27. The van der Waals surface area contributed by atoms with E-state index < -0.39 is 5.92 Å². The summed E-state index contributed by atoms with van der Waals surface area (Å²) in [5.74, 6) is -0.786. The molecule has 2 amide bonds. The van der Waals surface area contributed by atoms with Crippen LogP contribution in [0.15, 0.2) is 12.2 Å². The van der Waals surface area contributed by atoms with Gasteiger partial charge >= 0.3 is 0 Å². The third-order valence-electron chi connectivity index (χ3n) is 7.84. The fourth-order valence-corrected chi connectivity index (χ4v) is 5.25. The minimum atomic E-state index is -0.446. The molecule has 39 heavy (non-hydrogen) atoms. The molecule has 2 saturated heterocycles. The van der Waals surface area contributed by atoms with Crippen LogP contribution in [0.5, 0.6) is 0 Å². The minimum Gasteiger partial charge on any atom is -0.355 e. The van der Waals surface area contributed by atoms with Gasteiger partial charge in [-0.25, -0.2) is 0 Å². The highest BCUT2D eigenvalue weighted by atomic mass is 16.2. The first kappa shape index (κ1) is 35.0. The predicted molar refractivity (Wildman–Crippen MR) is 160 cm³/mol. The van der Waals surface area contributed by atoms with Gasteiger partial charge in [-0.3, -0.25) is 19.2 Å². The molecule has 2 aliphatic heterocycles. The van der Waals surface area contributed by atoms with Crippen LogP contribution in [0.25, 0.3) is 0 Å². The number of allylic oxidation sites excluding steroid dienone is 2. The maximum absolute atomic E-state index is 12.0. The number of nitrogens with one attached hydrogen (secondary N) is 2. The van der Waals surface area contributed by atoms with Crippen molar-refractivity contribution in [2.45, 2.75) is 149 Å². The summed E-state index contributed by atoms with van der Waals surface area (Å²) < 4.78 is 0. The molecule has 0 saturated carbocycles. The van der Waals surface area contributed by atoms with Crippen molar-refractivity contribution in [3.05, 3.63) is 12.2 Å². The second kappa shape index (κ2) is 23.9. The van der Waals surface area contributed by atoms with Gasteiger partial charge in [-0.2, -0.15) is 0 Å². The first-order chi connectivity index (χ1) is 19.0. The van der Waals surface area contributed by atoms with Crippen molar-refractivity contribution in [3.63, 3.8) is 0 Å². The number of amides is 2. The Morgan fingerprint density at radius 1 is 0.667 bits per heavy atom. The maximum atomic E-state index is 12.0. The highest BCUT2D eigenvalue weighted by molar-refractivity contribution is 6.06. The molecule has 0 aromatic carbocycles. The Bertz CT molecular complexity index is 718. The molecule has 6 nitrogen and oxygen atoms in total. The molecule has 0 aromatic rings. The second-order valence-corrected chi connectivity index (χ2v) is 11.4. The molecule has 0 aromatic heterocycles. The van der Waals surface area contributed by atoms with E-state index in [0.717, 1.165) is 64.3 Å². The molecule has 0 aliphatic carbocycles. The monoisotopic (exact) mass is 546 g/mol. The molecule has 224 valence electrons. The molecule has 2 heterocycles. The standard InChI is InChI=1S/C17H29NO2.C16H29NO2/c1-2-3-4-5-6-7-8-9-13-16(19)15-12-10-11-14-18-17(15)20;1-2-3-4-5-6-7-8-12-15(18)14-11-9-10-13-17-16(14)19/h9,13,15H,2-8,10-12,14H2,1H3,(H,18,20);14H,2-13H2,1H3,(H,17,19). The Balaban J connectivity index is 0.000000391. The molecule has 2 rings (SSSR count). The zero-order valence-corrected chi connectivity index (χ0v) is 25.2. The first-order valence-electron chi connectivity index (χ1n) is 16.3. The lowest BCUT2D eigenvalue weighted by atomic mass is 9.94. The Morgan fingerprint density at radius 3 is 1.74 bits per heavy atom. The van der Waals surface area contributed by atoms with Crippen molar-refractivity contribution in [2.75, 3.05) is 13.1 Å². The molecule has 6 heteroatoms. The summed E-state index contributed by atoms with van der Waals surface area (Å²) in [6, 6.07) is 0. The van der Waals surface area contributed by atoms with Gasteiger partial charge in [-0.1, -0.05) is 103 Å². The molecular formula is C33H58N2O4. The van der Waals surface area contributed by atoms with Crippen molar-refractivity contribution >= 4 is 23.4 Å². The fourth-order valence-electron chi connectivity index (χ4n) is 5.25. The summed E-state index contributed by atoms with van der Waals surface area (Å²) in [5, 5.41) is 5.65. The van der Waals surface area contributed by atoms with Crippen molar-refractivity contribution in [1.82, 2.24) is 10.6 Å². The number of Topliss-reactive ketones (excluding diaryl/α,β-unsaturated/α-hetero) is 1. The molecule has 2 N–H and O–H groups in total. The summed E-state index contributed by atoms with van der Waals surface area (Å²) >= 11 is 0. The van der Waals surface area contributed by atoms with Gasteiger partial charge in [-0.05, 0) is 51.0 Å². The fraction of sp³-hybridized carbons (Fsp3) is 0.818. The molecule has 2 unspecified atom stereocenters. The summed E-state index contributed by atoms with van der Waals surface area (Å²) in [5.41, 5.74) is 0. The first-order valence-corrected chi connectivity index (χ1v) is 16.3. The van der Waals surface area contributed by atoms with E-state index in [-0.39, 0.29) is 29.3 Å². The quantitative estimate of drug-likeness (QED) is 0.106. The largest absolute Gasteiger partial charge is 0.355 e. The van der Waals surface area contributed by atoms with Crippen LogP contribution in [0.2, 0.25) is 0 Å². The van der Waals surface area contributed by atoms with Crippen LogP contribution in [-0.2, 0) is 19.2 Å². The number of carbonyl (C=O) groups excluding carboxylic acids is 4. The number of ketones is 2.